The first kappa shape index (κ1) is 18.7. The maximum atomic E-state index is 13.3. The zero-order valence-corrected chi connectivity index (χ0v) is 12.9. The number of carbonyl (C=O) groups is 1. The number of amides is 1. The second kappa shape index (κ2) is 8.07. The molecule has 2 N–H and O–H groups in total. The third-order valence-corrected chi connectivity index (χ3v) is 2.96. The highest BCUT2D eigenvalue weighted by atomic mass is 35.5. The number of nitrogens with zero attached hydrogens (tertiary/aromatic N) is 1. The van der Waals surface area contributed by atoms with Crippen molar-refractivity contribution in [3.63, 3.8) is 0 Å². The zero-order valence-electron chi connectivity index (χ0n) is 12.1. The molecule has 0 bridgehead atoms. The van der Waals surface area contributed by atoms with Gasteiger partial charge in [-0.15, -0.1) is 12.4 Å². The summed E-state index contributed by atoms with van der Waals surface area (Å²) < 4.78 is 18.6. The van der Waals surface area contributed by atoms with E-state index in [-0.39, 0.29) is 37.2 Å². The number of benzene rings is 1. The summed E-state index contributed by atoms with van der Waals surface area (Å²) in [5.41, 5.74) is 4.97. The molecule has 20 heavy (non-hydrogen) atoms. The maximum Gasteiger partial charge on any atom is 0.229 e. The van der Waals surface area contributed by atoms with Gasteiger partial charge in [0.05, 0.1) is 12.0 Å². The summed E-state index contributed by atoms with van der Waals surface area (Å²) in [4.78, 5) is 13.6. The third kappa shape index (κ3) is 4.98. The third-order valence-electron chi connectivity index (χ3n) is 2.96. The van der Waals surface area contributed by atoms with Crippen molar-refractivity contribution < 1.29 is 13.9 Å². The lowest BCUT2D eigenvalue weighted by atomic mass is 9.92. The minimum atomic E-state index is -0.591. The summed E-state index contributed by atoms with van der Waals surface area (Å²) in [6, 6.07) is 6.19. The molecule has 4 nitrogen and oxygen atoms in total. The summed E-state index contributed by atoms with van der Waals surface area (Å²) in [6.07, 6.45) is 0. The fourth-order valence-electron chi connectivity index (χ4n) is 1.56. The Morgan fingerprint density at radius 3 is 2.55 bits per heavy atom. The van der Waals surface area contributed by atoms with Crippen LogP contribution in [0, 0.1) is 11.2 Å². The zero-order chi connectivity index (χ0) is 14.5. The summed E-state index contributed by atoms with van der Waals surface area (Å²) >= 11 is 0. The van der Waals surface area contributed by atoms with Gasteiger partial charge in [-0.05, 0) is 26.0 Å². The van der Waals surface area contributed by atoms with Gasteiger partial charge in [0.2, 0.25) is 5.91 Å². The van der Waals surface area contributed by atoms with Crippen molar-refractivity contribution in [2.24, 2.45) is 11.1 Å². The highest BCUT2D eigenvalue weighted by Crippen LogP contribution is 2.17. The SMILES string of the molecule is CN(CCOc1ccccc1F)C(=O)C(C)(C)CN.Cl. The lowest BCUT2D eigenvalue weighted by Crippen LogP contribution is -2.44. The number of hydrogen-bond donors (Lipinski definition) is 1. The second-order valence-corrected chi connectivity index (χ2v) is 5.09. The Morgan fingerprint density at radius 2 is 2.00 bits per heavy atom. The van der Waals surface area contributed by atoms with Gasteiger partial charge in [0.1, 0.15) is 6.61 Å². The topological polar surface area (TPSA) is 55.6 Å². The van der Waals surface area contributed by atoms with Crippen molar-refractivity contribution in [3.8, 4) is 5.75 Å². The number of nitrogens with two attached hydrogens (primary N) is 1. The molecular formula is C14H22ClFN2O2. The standard InChI is InChI=1S/C14H21FN2O2.ClH/c1-14(2,10-16)13(18)17(3)8-9-19-12-7-5-4-6-11(12)15;/h4-7H,8-10,16H2,1-3H3;1H. The van der Waals surface area contributed by atoms with E-state index in [0.717, 1.165) is 0 Å². The molecule has 0 radical (unpaired) electrons. The van der Waals surface area contributed by atoms with Crippen LogP contribution in [0.5, 0.6) is 5.75 Å². The molecule has 0 saturated heterocycles. The Bertz CT molecular complexity index is 441. The van der Waals surface area contributed by atoms with Gasteiger partial charge in [-0.3, -0.25) is 4.79 Å². The van der Waals surface area contributed by atoms with Crippen LogP contribution in [0.3, 0.4) is 0 Å². The van der Waals surface area contributed by atoms with E-state index < -0.39 is 11.2 Å². The Hall–Kier alpha value is -1.33. The van der Waals surface area contributed by atoms with E-state index >= 15 is 0 Å². The minimum absolute atomic E-state index is 0. The average molecular weight is 305 g/mol. The van der Waals surface area contributed by atoms with Crippen LogP contribution < -0.4 is 10.5 Å². The molecule has 0 aliphatic carbocycles. The number of halogens is 2. The summed E-state index contributed by atoms with van der Waals surface area (Å²) in [7, 11) is 1.68. The van der Waals surface area contributed by atoms with Crippen LogP contribution in [0.1, 0.15) is 13.8 Å². The van der Waals surface area contributed by atoms with Gasteiger partial charge >= 0.3 is 0 Å². The number of carbonyl (C=O) groups excluding carboxylic acids is 1. The van der Waals surface area contributed by atoms with Crippen molar-refractivity contribution in [3.05, 3.63) is 30.1 Å². The van der Waals surface area contributed by atoms with E-state index in [1.165, 1.54) is 6.07 Å². The molecule has 0 unspecified atom stereocenters. The molecule has 0 saturated carbocycles. The van der Waals surface area contributed by atoms with Crippen LogP contribution in [0.4, 0.5) is 4.39 Å². The highest BCUT2D eigenvalue weighted by Gasteiger charge is 2.28. The van der Waals surface area contributed by atoms with E-state index in [1.54, 1.807) is 44.0 Å². The van der Waals surface area contributed by atoms with Crippen LogP contribution >= 0.6 is 12.4 Å². The normalized spacial score (nSPS) is 10.7. The second-order valence-electron chi connectivity index (χ2n) is 5.09. The van der Waals surface area contributed by atoms with Crippen LogP contribution in [-0.2, 0) is 4.79 Å². The quantitative estimate of drug-likeness (QED) is 0.875. The molecule has 1 rings (SSSR count). The smallest absolute Gasteiger partial charge is 0.229 e. The molecule has 0 aromatic heterocycles. The van der Waals surface area contributed by atoms with Gasteiger partial charge in [0.15, 0.2) is 11.6 Å². The van der Waals surface area contributed by atoms with E-state index in [2.05, 4.69) is 0 Å². The van der Waals surface area contributed by atoms with E-state index in [9.17, 15) is 9.18 Å². The molecule has 1 aromatic rings. The van der Waals surface area contributed by atoms with Crippen molar-refractivity contribution in [1.82, 2.24) is 4.90 Å². The molecule has 0 atom stereocenters. The van der Waals surface area contributed by atoms with Crippen molar-refractivity contribution in [1.29, 1.82) is 0 Å². The highest BCUT2D eigenvalue weighted by molar-refractivity contribution is 5.85. The molecule has 0 fully saturated rings. The van der Waals surface area contributed by atoms with Gasteiger partial charge in [0.25, 0.3) is 0 Å². The van der Waals surface area contributed by atoms with Crippen molar-refractivity contribution in [2.75, 3.05) is 26.7 Å². The maximum absolute atomic E-state index is 13.3. The van der Waals surface area contributed by atoms with Gasteiger partial charge in [-0.1, -0.05) is 12.1 Å². The molecule has 0 heterocycles. The average Bonchev–Trinajstić information content (AvgIpc) is 2.39. The first-order valence-electron chi connectivity index (χ1n) is 6.21. The largest absolute Gasteiger partial charge is 0.489 e. The number of rotatable bonds is 6. The minimum Gasteiger partial charge on any atom is -0.489 e. The van der Waals surface area contributed by atoms with Crippen LogP contribution in [0.2, 0.25) is 0 Å². The first-order chi connectivity index (χ1) is 8.88. The predicted molar refractivity (Wildman–Crippen MR) is 79.6 cm³/mol. The number of hydrogen-bond acceptors (Lipinski definition) is 3. The van der Waals surface area contributed by atoms with Crippen molar-refractivity contribution >= 4 is 18.3 Å². The molecule has 114 valence electrons. The van der Waals surface area contributed by atoms with Gasteiger partial charge in [-0.2, -0.15) is 0 Å². The number of para-hydroxylation sites is 1. The summed E-state index contributed by atoms with van der Waals surface area (Å²) in [6.45, 7) is 4.50. The monoisotopic (exact) mass is 304 g/mol. The van der Waals surface area contributed by atoms with Gasteiger partial charge in [0, 0.05) is 13.6 Å². The Balaban J connectivity index is 0.00000361. The van der Waals surface area contributed by atoms with Crippen LogP contribution in [0.15, 0.2) is 24.3 Å². The Kier molecular flexibility index (Phi) is 7.53. The molecule has 1 aromatic carbocycles. The van der Waals surface area contributed by atoms with Gasteiger partial charge in [-0.25, -0.2) is 4.39 Å². The van der Waals surface area contributed by atoms with Crippen LogP contribution in [-0.4, -0.2) is 37.6 Å². The molecule has 1 amide bonds. The lowest BCUT2D eigenvalue weighted by molar-refractivity contribution is -0.138. The van der Waals surface area contributed by atoms with E-state index in [0.29, 0.717) is 6.54 Å². The lowest BCUT2D eigenvalue weighted by Gasteiger charge is -2.28. The molecule has 0 aliphatic rings. The number of likely N-dealkylation sites (N-methyl/N-ethyl adjacent to an activating group) is 1. The van der Waals surface area contributed by atoms with Gasteiger partial charge < -0.3 is 15.4 Å². The van der Waals surface area contributed by atoms with Crippen molar-refractivity contribution in [2.45, 2.75) is 13.8 Å². The van der Waals surface area contributed by atoms with E-state index in [1.807, 2.05) is 0 Å². The Morgan fingerprint density at radius 1 is 1.40 bits per heavy atom. The predicted octanol–water partition coefficient (Wildman–Crippen LogP) is 2.07. The molecule has 0 aliphatic heterocycles. The Labute approximate surface area is 125 Å². The first-order valence-corrected chi connectivity index (χ1v) is 6.21. The fourth-order valence-corrected chi connectivity index (χ4v) is 1.56. The van der Waals surface area contributed by atoms with Crippen LogP contribution in [0.25, 0.3) is 0 Å². The molecular weight excluding hydrogens is 283 g/mol. The summed E-state index contributed by atoms with van der Waals surface area (Å²) in [5.74, 6) is -0.257. The number of ether oxygens (including phenoxy) is 1. The summed E-state index contributed by atoms with van der Waals surface area (Å²) in [5, 5.41) is 0. The molecule has 0 spiro atoms. The fraction of sp³-hybridized carbons (Fsp3) is 0.500. The molecule has 6 heteroatoms. The van der Waals surface area contributed by atoms with E-state index in [4.69, 9.17) is 10.5 Å².